The zero-order chi connectivity index (χ0) is 17.8. The van der Waals surface area contributed by atoms with E-state index in [9.17, 15) is 4.79 Å². The zero-order valence-electron chi connectivity index (χ0n) is 14.1. The summed E-state index contributed by atoms with van der Waals surface area (Å²) < 4.78 is 0. The minimum atomic E-state index is -0.0262. The maximum atomic E-state index is 12.5. The second-order valence-electron chi connectivity index (χ2n) is 6.00. The number of hydrogen-bond donors (Lipinski definition) is 1. The van der Waals surface area contributed by atoms with E-state index in [1.54, 1.807) is 18.5 Å². The fraction of sp³-hybridized carbons (Fsp3) is 0.150. The minimum Gasteiger partial charge on any atom is -0.362 e. The number of para-hydroxylation sites is 1. The molecule has 3 heterocycles. The van der Waals surface area contributed by atoms with Crippen LogP contribution >= 0.6 is 11.8 Å². The highest BCUT2D eigenvalue weighted by molar-refractivity contribution is 7.99. The van der Waals surface area contributed by atoms with Crippen LogP contribution < -0.4 is 10.2 Å². The maximum Gasteiger partial charge on any atom is 0.243 e. The van der Waals surface area contributed by atoms with Crippen LogP contribution in [0.1, 0.15) is 5.56 Å². The molecule has 0 saturated heterocycles. The summed E-state index contributed by atoms with van der Waals surface area (Å²) in [5, 5.41) is 4.64. The number of aromatic nitrogens is 2. The molecule has 0 radical (unpaired) electrons. The van der Waals surface area contributed by atoms with Crippen molar-refractivity contribution in [3.8, 4) is 0 Å². The van der Waals surface area contributed by atoms with Crippen LogP contribution in [0, 0.1) is 0 Å². The number of nitrogens with one attached hydrogen (secondary N) is 1. The molecule has 1 aliphatic rings. The Labute approximate surface area is 156 Å². The van der Waals surface area contributed by atoms with Crippen LogP contribution in [0.4, 0.5) is 11.4 Å². The van der Waals surface area contributed by atoms with Crippen molar-refractivity contribution in [2.45, 2.75) is 16.5 Å². The van der Waals surface area contributed by atoms with Gasteiger partial charge in [-0.25, -0.2) is 9.97 Å². The number of carbonyl (C=O) groups is 1. The first-order valence-electron chi connectivity index (χ1n) is 8.45. The quantitative estimate of drug-likeness (QED) is 0.751. The molecule has 26 heavy (non-hydrogen) atoms. The van der Waals surface area contributed by atoms with E-state index < -0.39 is 0 Å². The van der Waals surface area contributed by atoms with Gasteiger partial charge < -0.3 is 10.2 Å². The van der Waals surface area contributed by atoms with Gasteiger partial charge in [-0.2, -0.15) is 0 Å². The lowest BCUT2D eigenvalue weighted by molar-refractivity contribution is -0.115. The van der Waals surface area contributed by atoms with Crippen molar-refractivity contribution in [2.75, 3.05) is 23.3 Å². The monoisotopic (exact) mass is 362 g/mol. The average molecular weight is 362 g/mol. The molecule has 3 aromatic rings. The Morgan fingerprint density at radius 1 is 1.04 bits per heavy atom. The first-order valence-corrected chi connectivity index (χ1v) is 9.27. The molecule has 1 aliphatic heterocycles. The van der Waals surface area contributed by atoms with E-state index in [1.165, 1.54) is 17.3 Å². The van der Waals surface area contributed by atoms with Crippen molar-refractivity contribution in [1.29, 1.82) is 0 Å². The van der Waals surface area contributed by atoms with Crippen LogP contribution in [0.15, 0.2) is 77.0 Å². The Kier molecular flexibility index (Phi) is 4.84. The van der Waals surface area contributed by atoms with E-state index in [1.807, 2.05) is 36.4 Å². The number of benzene rings is 1. The highest BCUT2D eigenvalue weighted by Crippen LogP contribution is 2.28. The maximum absolute atomic E-state index is 12.5. The Hall–Kier alpha value is -2.86. The normalized spacial score (nSPS) is 12.7. The van der Waals surface area contributed by atoms with Gasteiger partial charge in [-0.1, -0.05) is 36.0 Å². The molecule has 1 N–H and O–H groups in total. The lowest BCUT2D eigenvalue weighted by Crippen LogP contribution is -2.31. The first kappa shape index (κ1) is 16.6. The summed E-state index contributed by atoms with van der Waals surface area (Å²) in [5.74, 6) is -0.0262. The number of pyridine rings is 2. The van der Waals surface area contributed by atoms with Crippen molar-refractivity contribution in [3.63, 3.8) is 0 Å². The number of rotatable bonds is 5. The molecule has 0 aliphatic carbocycles. The van der Waals surface area contributed by atoms with E-state index >= 15 is 0 Å². The van der Waals surface area contributed by atoms with Gasteiger partial charge in [0.25, 0.3) is 0 Å². The number of nitrogens with zero attached hydrogens (tertiary/aromatic N) is 3. The molecular weight excluding hydrogens is 344 g/mol. The molecule has 6 heteroatoms. The Bertz CT molecular complexity index is 916. The van der Waals surface area contributed by atoms with Crippen LogP contribution in [0.3, 0.4) is 0 Å². The van der Waals surface area contributed by atoms with E-state index in [0.29, 0.717) is 6.54 Å². The van der Waals surface area contributed by atoms with E-state index in [2.05, 4.69) is 32.3 Å². The van der Waals surface area contributed by atoms with Crippen LogP contribution in [0.25, 0.3) is 0 Å². The number of carbonyl (C=O) groups excluding carboxylic acids is 1. The Morgan fingerprint density at radius 3 is 2.77 bits per heavy atom. The number of hydrogen-bond acceptors (Lipinski definition) is 5. The molecule has 4 rings (SSSR count). The van der Waals surface area contributed by atoms with Crippen molar-refractivity contribution in [1.82, 2.24) is 9.97 Å². The summed E-state index contributed by atoms with van der Waals surface area (Å²) in [7, 11) is 0. The topological polar surface area (TPSA) is 58.1 Å². The standard InChI is InChI=1S/C20H18N4OS/c25-18(14-24-12-9-15-5-1-2-6-17(15)24)23-16-8-11-22-20(13-16)26-19-7-3-4-10-21-19/h1-8,10-11,13H,9,12,14H2,(H,22,23,25). The third-order valence-electron chi connectivity index (χ3n) is 4.18. The number of amides is 1. The molecule has 130 valence electrons. The van der Waals surface area contributed by atoms with Crippen molar-refractivity contribution in [2.24, 2.45) is 0 Å². The lowest BCUT2D eigenvalue weighted by Gasteiger charge is -2.18. The summed E-state index contributed by atoms with van der Waals surface area (Å²) in [6, 6.07) is 17.7. The molecule has 0 saturated carbocycles. The fourth-order valence-corrected chi connectivity index (χ4v) is 3.78. The van der Waals surface area contributed by atoms with Gasteiger partial charge in [0.1, 0.15) is 10.1 Å². The third-order valence-corrected chi connectivity index (χ3v) is 5.07. The van der Waals surface area contributed by atoms with E-state index in [4.69, 9.17) is 0 Å². The largest absolute Gasteiger partial charge is 0.362 e. The van der Waals surface area contributed by atoms with Gasteiger partial charge >= 0.3 is 0 Å². The van der Waals surface area contributed by atoms with Crippen molar-refractivity contribution >= 4 is 29.0 Å². The van der Waals surface area contributed by atoms with E-state index in [0.717, 1.165) is 34.4 Å². The molecule has 0 fully saturated rings. The second-order valence-corrected chi connectivity index (χ2v) is 7.04. The van der Waals surface area contributed by atoms with Gasteiger partial charge in [0.15, 0.2) is 0 Å². The van der Waals surface area contributed by atoms with Gasteiger partial charge in [0.05, 0.1) is 6.54 Å². The molecule has 1 amide bonds. The predicted molar refractivity (Wildman–Crippen MR) is 104 cm³/mol. The van der Waals surface area contributed by atoms with Gasteiger partial charge in [-0.05, 0) is 42.3 Å². The van der Waals surface area contributed by atoms with E-state index in [-0.39, 0.29) is 5.91 Å². The summed E-state index contributed by atoms with van der Waals surface area (Å²) >= 11 is 1.47. The van der Waals surface area contributed by atoms with Gasteiger partial charge in [-0.3, -0.25) is 4.79 Å². The lowest BCUT2D eigenvalue weighted by atomic mass is 10.2. The van der Waals surface area contributed by atoms with Crippen molar-refractivity contribution < 1.29 is 4.79 Å². The van der Waals surface area contributed by atoms with Gasteiger partial charge in [0.2, 0.25) is 5.91 Å². The Morgan fingerprint density at radius 2 is 1.88 bits per heavy atom. The zero-order valence-corrected chi connectivity index (χ0v) is 14.9. The molecule has 0 bridgehead atoms. The van der Waals surface area contributed by atoms with Crippen LogP contribution in [-0.4, -0.2) is 29.0 Å². The molecule has 0 atom stereocenters. The van der Waals surface area contributed by atoms with Crippen molar-refractivity contribution in [3.05, 3.63) is 72.6 Å². The summed E-state index contributed by atoms with van der Waals surface area (Å²) in [5.41, 5.74) is 3.21. The molecular formula is C20H18N4OS. The van der Waals surface area contributed by atoms with Crippen LogP contribution in [0.5, 0.6) is 0 Å². The van der Waals surface area contributed by atoms with Crippen LogP contribution in [0.2, 0.25) is 0 Å². The first-order chi connectivity index (χ1) is 12.8. The third kappa shape index (κ3) is 3.86. The van der Waals surface area contributed by atoms with Crippen LogP contribution in [-0.2, 0) is 11.2 Å². The van der Waals surface area contributed by atoms with Gasteiger partial charge in [0, 0.05) is 30.3 Å². The Balaban J connectivity index is 1.40. The van der Waals surface area contributed by atoms with Gasteiger partial charge in [-0.15, -0.1) is 0 Å². The second kappa shape index (κ2) is 7.58. The predicted octanol–water partition coefficient (Wildman–Crippen LogP) is 3.63. The molecule has 2 aromatic heterocycles. The highest BCUT2D eigenvalue weighted by atomic mass is 32.2. The summed E-state index contributed by atoms with van der Waals surface area (Å²) in [4.78, 5) is 23.2. The molecule has 0 spiro atoms. The SMILES string of the molecule is O=C(CN1CCc2ccccc21)Nc1ccnc(Sc2ccccn2)c1. The summed E-state index contributed by atoms with van der Waals surface area (Å²) in [6.07, 6.45) is 4.44. The summed E-state index contributed by atoms with van der Waals surface area (Å²) in [6.45, 7) is 1.23. The molecule has 5 nitrogen and oxygen atoms in total. The molecule has 0 unspecified atom stereocenters. The highest BCUT2D eigenvalue weighted by Gasteiger charge is 2.20. The average Bonchev–Trinajstić information content (AvgIpc) is 3.06. The minimum absolute atomic E-state index is 0.0262. The number of anilines is 2. The fourth-order valence-electron chi connectivity index (χ4n) is 3.00. The molecule has 1 aromatic carbocycles. The smallest absolute Gasteiger partial charge is 0.243 e. The number of fused-ring (bicyclic) bond motifs is 1.